The number of alkyl halides is 1. The molecule has 1 fully saturated rings. The van der Waals surface area contributed by atoms with Crippen LogP contribution in [0.25, 0.3) is 0 Å². The van der Waals surface area contributed by atoms with Crippen molar-refractivity contribution < 1.29 is 14.3 Å². The summed E-state index contributed by atoms with van der Waals surface area (Å²) >= 11 is 5.62. The molecule has 5 heteroatoms. The molecule has 1 aliphatic carbocycles. The van der Waals surface area contributed by atoms with Crippen molar-refractivity contribution in [2.45, 2.75) is 39.5 Å². The number of hydrogen-bond donors (Lipinski definition) is 1. The number of carbonyl (C=O) groups is 2. The quantitative estimate of drug-likeness (QED) is 0.234. The highest BCUT2D eigenvalue weighted by molar-refractivity contribution is 6.17. The Labute approximate surface area is 131 Å². The van der Waals surface area contributed by atoms with Crippen LogP contribution in [0.5, 0.6) is 0 Å². The molecule has 1 N–H and O–H groups in total. The zero-order valence-corrected chi connectivity index (χ0v) is 13.5. The predicted octanol–water partition coefficient (Wildman–Crippen LogP) is 3.17. The molecule has 0 aliphatic heterocycles. The molecular weight excluding hydrogens is 290 g/mol. The van der Waals surface area contributed by atoms with Crippen LogP contribution in [-0.4, -0.2) is 24.4 Å². The molecule has 4 nitrogen and oxygen atoms in total. The van der Waals surface area contributed by atoms with E-state index in [1.165, 1.54) is 6.08 Å². The van der Waals surface area contributed by atoms with Gasteiger partial charge >= 0.3 is 5.97 Å². The average molecular weight is 314 g/mol. The van der Waals surface area contributed by atoms with Crippen LogP contribution in [0.15, 0.2) is 24.4 Å². The van der Waals surface area contributed by atoms with Gasteiger partial charge in [-0.25, -0.2) is 4.79 Å². The van der Waals surface area contributed by atoms with E-state index in [0.29, 0.717) is 12.3 Å². The lowest BCUT2D eigenvalue weighted by Gasteiger charge is -2.10. The van der Waals surface area contributed by atoms with Crippen LogP contribution in [0.3, 0.4) is 0 Å². The van der Waals surface area contributed by atoms with Crippen LogP contribution in [0, 0.1) is 11.3 Å². The van der Waals surface area contributed by atoms with E-state index in [4.69, 9.17) is 16.3 Å². The second kappa shape index (κ2) is 8.23. The molecule has 1 aliphatic rings. The van der Waals surface area contributed by atoms with Crippen molar-refractivity contribution in [3.63, 3.8) is 0 Å². The monoisotopic (exact) mass is 313 g/mol. The van der Waals surface area contributed by atoms with Crippen molar-refractivity contribution >= 4 is 23.5 Å². The summed E-state index contributed by atoms with van der Waals surface area (Å²) in [5.74, 6) is -0.0742. The third kappa shape index (κ3) is 5.92. The largest absolute Gasteiger partial charge is 0.457 e. The van der Waals surface area contributed by atoms with Crippen LogP contribution in [0.2, 0.25) is 0 Å². The molecule has 118 valence electrons. The summed E-state index contributed by atoms with van der Waals surface area (Å²) in [5, 5.41) is 2.70. The summed E-state index contributed by atoms with van der Waals surface area (Å²) < 4.78 is 5.00. The summed E-state index contributed by atoms with van der Waals surface area (Å²) in [6.07, 6.45) is 6.48. The van der Waals surface area contributed by atoms with Crippen LogP contribution in [0.1, 0.15) is 39.5 Å². The highest BCUT2D eigenvalue weighted by Gasteiger charge is 2.50. The summed E-state index contributed by atoms with van der Waals surface area (Å²) in [6.45, 7) is 7.70. The number of halogens is 1. The smallest absolute Gasteiger partial charge is 0.354 e. The zero-order chi connectivity index (χ0) is 15.9. The van der Waals surface area contributed by atoms with Gasteiger partial charge in [-0.05, 0) is 31.1 Å². The van der Waals surface area contributed by atoms with Crippen LogP contribution in [-0.2, 0) is 14.3 Å². The van der Waals surface area contributed by atoms with Crippen molar-refractivity contribution in [3.8, 4) is 0 Å². The second-order valence-corrected chi connectivity index (χ2v) is 6.30. The number of amides is 1. The van der Waals surface area contributed by atoms with Gasteiger partial charge in [0.15, 0.2) is 0 Å². The van der Waals surface area contributed by atoms with E-state index in [-0.39, 0.29) is 29.5 Å². The summed E-state index contributed by atoms with van der Waals surface area (Å²) in [5.41, 5.74) is 0.248. The fourth-order valence-electron chi connectivity index (χ4n) is 2.02. The number of hydrogen-bond acceptors (Lipinski definition) is 3. The molecule has 0 aromatic carbocycles. The number of nitrogens with one attached hydrogen (secondary N) is 1. The van der Waals surface area contributed by atoms with Crippen molar-refractivity contribution in [2.24, 2.45) is 11.3 Å². The Hall–Kier alpha value is -1.29. The fourth-order valence-corrected chi connectivity index (χ4v) is 2.21. The molecule has 0 spiro atoms. The molecule has 1 atom stereocenters. The molecule has 0 unspecified atom stereocenters. The summed E-state index contributed by atoms with van der Waals surface area (Å²) in [4.78, 5) is 24.0. The number of carbonyl (C=O) groups excluding carboxylic acids is 2. The van der Waals surface area contributed by atoms with Gasteiger partial charge < -0.3 is 10.1 Å². The molecule has 1 amide bonds. The summed E-state index contributed by atoms with van der Waals surface area (Å²) in [6, 6.07) is 0. The minimum absolute atomic E-state index is 0.0266. The Bertz CT molecular complexity index is 429. The van der Waals surface area contributed by atoms with Gasteiger partial charge in [0.1, 0.15) is 12.3 Å². The van der Waals surface area contributed by atoms with E-state index in [1.807, 2.05) is 13.8 Å². The Morgan fingerprint density at radius 2 is 2.10 bits per heavy atom. The standard InChI is InChI=1S/C16H24ClNO3/c1-4-10-21-15(20)13(8-6-5-7-9-17)18-14(19)12-11-16(12,2)3/h4,8,12H,1,5-7,9-11H2,2-3H3,(H,18,19)/b13-8-/t12-/m1/s1. The van der Waals surface area contributed by atoms with Gasteiger partial charge in [0.25, 0.3) is 0 Å². The van der Waals surface area contributed by atoms with Crippen molar-refractivity contribution in [2.75, 3.05) is 12.5 Å². The fraction of sp³-hybridized carbons (Fsp3) is 0.625. The molecule has 21 heavy (non-hydrogen) atoms. The minimum atomic E-state index is -0.521. The maximum atomic E-state index is 12.1. The molecule has 1 saturated carbocycles. The molecular formula is C16H24ClNO3. The molecule has 0 radical (unpaired) electrons. The number of allylic oxidation sites excluding steroid dienone is 1. The first-order valence-corrected chi connectivity index (χ1v) is 7.81. The van der Waals surface area contributed by atoms with E-state index >= 15 is 0 Å². The Morgan fingerprint density at radius 1 is 1.43 bits per heavy atom. The minimum Gasteiger partial charge on any atom is -0.457 e. The number of esters is 1. The Morgan fingerprint density at radius 3 is 2.62 bits per heavy atom. The maximum Gasteiger partial charge on any atom is 0.354 e. The normalized spacial score (nSPS) is 19.8. The number of unbranched alkanes of at least 4 members (excludes halogenated alkanes) is 2. The first-order chi connectivity index (χ1) is 9.92. The van der Waals surface area contributed by atoms with Crippen LogP contribution < -0.4 is 5.32 Å². The summed E-state index contributed by atoms with van der Waals surface area (Å²) in [7, 11) is 0. The van der Waals surface area contributed by atoms with Gasteiger partial charge in [0.2, 0.25) is 5.91 Å². The highest BCUT2D eigenvalue weighted by atomic mass is 35.5. The van der Waals surface area contributed by atoms with Crippen molar-refractivity contribution in [1.82, 2.24) is 5.32 Å². The van der Waals surface area contributed by atoms with Crippen LogP contribution in [0.4, 0.5) is 0 Å². The molecule has 0 aromatic rings. The predicted molar refractivity (Wildman–Crippen MR) is 83.8 cm³/mol. The third-order valence-electron chi connectivity index (χ3n) is 3.58. The molecule has 0 aromatic heterocycles. The van der Waals surface area contributed by atoms with Gasteiger partial charge in [-0.2, -0.15) is 0 Å². The first kappa shape index (κ1) is 17.8. The van der Waals surface area contributed by atoms with E-state index in [2.05, 4.69) is 11.9 Å². The van der Waals surface area contributed by atoms with Gasteiger partial charge in [0.05, 0.1) is 0 Å². The third-order valence-corrected chi connectivity index (χ3v) is 3.84. The zero-order valence-electron chi connectivity index (χ0n) is 12.8. The molecule has 0 saturated heterocycles. The SMILES string of the molecule is C=CCOC(=O)/C(=C/CCCCCl)NC(=O)[C@H]1CC1(C)C. The topological polar surface area (TPSA) is 55.4 Å². The maximum absolute atomic E-state index is 12.1. The Balaban J connectivity index is 2.60. The Kier molecular flexibility index (Phi) is 6.96. The molecule has 1 rings (SSSR count). The second-order valence-electron chi connectivity index (χ2n) is 5.92. The van der Waals surface area contributed by atoms with E-state index in [1.54, 1.807) is 6.08 Å². The highest BCUT2D eigenvalue weighted by Crippen LogP contribution is 2.51. The van der Waals surface area contributed by atoms with Gasteiger partial charge in [-0.15, -0.1) is 11.6 Å². The first-order valence-electron chi connectivity index (χ1n) is 7.27. The van der Waals surface area contributed by atoms with E-state index < -0.39 is 5.97 Å². The average Bonchev–Trinajstić information content (AvgIpc) is 3.08. The van der Waals surface area contributed by atoms with Gasteiger partial charge in [-0.1, -0.05) is 32.6 Å². The lowest BCUT2D eigenvalue weighted by Crippen LogP contribution is -2.31. The van der Waals surface area contributed by atoms with E-state index in [9.17, 15) is 9.59 Å². The van der Waals surface area contributed by atoms with Crippen molar-refractivity contribution in [1.29, 1.82) is 0 Å². The molecule has 0 heterocycles. The van der Waals surface area contributed by atoms with E-state index in [0.717, 1.165) is 19.3 Å². The molecule has 0 bridgehead atoms. The van der Waals surface area contributed by atoms with Gasteiger partial charge in [-0.3, -0.25) is 4.79 Å². The van der Waals surface area contributed by atoms with Crippen molar-refractivity contribution in [3.05, 3.63) is 24.4 Å². The van der Waals surface area contributed by atoms with Crippen LogP contribution >= 0.6 is 11.6 Å². The number of rotatable bonds is 9. The number of ether oxygens (including phenoxy) is 1. The lowest BCUT2D eigenvalue weighted by atomic mass is 10.1. The van der Waals surface area contributed by atoms with Gasteiger partial charge in [0, 0.05) is 11.8 Å². The lowest BCUT2D eigenvalue weighted by molar-refractivity contribution is -0.139.